The van der Waals surface area contributed by atoms with Crippen molar-refractivity contribution in [2.45, 2.75) is 11.4 Å². The van der Waals surface area contributed by atoms with Crippen LogP contribution in [0.5, 0.6) is 5.75 Å². The predicted octanol–water partition coefficient (Wildman–Crippen LogP) is 2.12. The summed E-state index contributed by atoms with van der Waals surface area (Å²) >= 11 is 0. The van der Waals surface area contributed by atoms with Gasteiger partial charge in [0.25, 0.3) is 0 Å². The van der Waals surface area contributed by atoms with Crippen LogP contribution < -0.4 is 15.4 Å². The number of benzene rings is 1. The topological polar surface area (TPSA) is 111 Å². The third kappa shape index (κ3) is 4.55. The Morgan fingerprint density at radius 2 is 2.07 bits per heavy atom. The van der Waals surface area contributed by atoms with Gasteiger partial charge < -0.3 is 15.4 Å². The van der Waals surface area contributed by atoms with Crippen molar-refractivity contribution in [2.75, 3.05) is 24.0 Å². The van der Waals surface area contributed by atoms with Crippen LogP contribution in [0.2, 0.25) is 0 Å². The fourth-order valence-electron chi connectivity index (χ4n) is 2.47. The molecule has 28 heavy (non-hydrogen) atoms. The van der Waals surface area contributed by atoms with Gasteiger partial charge in [-0.2, -0.15) is 10.1 Å². The molecule has 11 heteroatoms. The Morgan fingerprint density at radius 3 is 2.71 bits per heavy atom. The molecule has 0 atom stereocenters. The van der Waals surface area contributed by atoms with Gasteiger partial charge in [0.2, 0.25) is 5.95 Å². The molecule has 0 aliphatic carbocycles. The lowest BCUT2D eigenvalue weighted by atomic mass is 10.2. The minimum atomic E-state index is -3.38. The monoisotopic (exact) mass is 406 g/mol. The summed E-state index contributed by atoms with van der Waals surface area (Å²) in [5.74, 6) is -0.0139. The summed E-state index contributed by atoms with van der Waals surface area (Å²) in [6.07, 6.45) is 5.47. The number of hydrogen-bond donors (Lipinski definition) is 2. The molecule has 0 spiro atoms. The lowest BCUT2D eigenvalue weighted by Crippen LogP contribution is -2.08. The molecule has 0 aliphatic heterocycles. The molecule has 0 radical (unpaired) electrons. The first-order chi connectivity index (χ1) is 13.3. The molecule has 0 unspecified atom stereocenters. The fourth-order valence-corrected chi connectivity index (χ4v) is 3.14. The summed E-state index contributed by atoms with van der Waals surface area (Å²) in [5.41, 5.74) is 1.20. The van der Waals surface area contributed by atoms with E-state index in [9.17, 15) is 12.8 Å². The second-order valence-corrected chi connectivity index (χ2v) is 8.03. The minimum Gasteiger partial charge on any atom is -0.496 e. The quantitative estimate of drug-likeness (QED) is 0.614. The molecule has 2 N–H and O–H groups in total. The zero-order chi connectivity index (χ0) is 20.3. The van der Waals surface area contributed by atoms with Crippen LogP contribution in [0.3, 0.4) is 0 Å². The third-order valence-corrected chi connectivity index (χ3v) is 4.94. The van der Waals surface area contributed by atoms with Gasteiger partial charge in [0.05, 0.1) is 30.1 Å². The Kier molecular flexibility index (Phi) is 5.45. The average Bonchev–Trinajstić information content (AvgIpc) is 3.05. The molecule has 0 saturated heterocycles. The van der Waals surface area contributed by atoms with Crippen molar-refractivity contribution >= 4 is 27.3 Å². The van der Waals surface area contributed by atoms with Crippen molar-refractivity contribution in [3.05, 3.63) is 48.2 Å². The Bertz CT molecular complexity index is 1100. The Hall–Kier alpha value is -3.21. The molecule has 0 saturated carbocycles. The average molecular weight is 406 g/mol. The van der Waals surface area contributed by atoms with Crippen molar-refractivity contribution in [2.24, 2.45) is 7.05 Å². The number of rotatable bonds is 7. The van der Waals surface area contributed by atoms with E-state index in [4.69, 9.17) is 4.74 Å². The molecule has 1 aromatic carbocycles. The van der Waals surface area contributed by atoms with Crippen LogP contribution in [0.1, 0.15) is 5.56 Å². The standard InChI is InChI=1S/C17H19FN6O3S/c1-24-10-12(8-21-24)22-17-20-9-14(18)16(23-17)19-7-11-6-13(28(3,25)26)4-5-15(11)27-2/h4-6,8-10H,7H2,1-3H3,(H2,19,20,22,23). The zero-order valence-electron chi connectivity index (χ0n) is 15.5. The number of hydrogen-bond acceptors (Lipinski definition) is 8. The predicted molar refractivity (Wildman–Crippen MR) is 102 cm³/mol. The van der Waals surface area contributed by atoms with Crippen molar-refractivity contribution in [1.82, 2.24) is 19.7 Å². The number of ether oxygens (including phenoxy) is 1. The van der Waals surface area contributed by atoms with Gasteiger partial charge in [-0.1, -0.05) is 0 Å². The first-order valence-electron chi connectivity index (χ1n) is 8.15. The van der Waals surface area contributed by atoms with Crippen LogP contribution in [0, 0.1) is 5.82 Å². The van der Waals surface area contributed by atoms with Gasteiger partial charge in [0.1, 0.15) is 5.75 Å². The van der Waals surface area contributed by atoms with Gasteiger partial charge in [-0.3, -0.25) is 4.68 Å². The van der Waals surface area contributed by atoms with Crippen LogP contribution in [0.25, 0.3) is 0 Å². The van der Waals surface area contributed by atoms with E-state index in [0.29, 0.717) is 17.0 Å². The molecule has 2 heterocycles. The molecule has 3 aromatic rings. The number of nitrogens with zero attached hydrogens (tertiary/aromatic N) is 4. The lowest BCUT2D eigenvalue weighted by molar-refractivity contribution is 0.410. The molecule has 0 amide bonds. The highest BCUT2D eigenvalue weighted by Gasteiger charge is 2.13. The fraction of sp³-hybridized carbons (Fsp3) is 0.235. The van der Waals surface area contributed by atoms with E-state index in [-0.39, 0.29) is 23.2 Å². The van der Waals surface area contributed by atoms with Gasteiger partial charge >= 0.3 is 0 Å². The number of halogens is 1. The third-order valence-electron chi connectivity index (χ3n) is 3.83. The largest absolute Gasteiger partial charge is 0.496 e. The van der Waals surface area contributed by atoms with Crippen molar-refractivity contribution in [1.29, 1.82) is 0 Å². The van der Waals surface area contributed by atoms with Gasteiger partial charge in [-0.25, -0.2) is 17.8 Å². The van der Waals surface area contributed by atoms with Gasteiger partial charge in [-0.15, -0.1) is 0 Å². The number of methoxy groups -OCH3 is 1. The first kappa shape index (κ1) is 19.5. The van der Waals surface area contributed by atoms with E-state index >= 15 is 0 Å². The first-order valence-corrected chi connectivity index (χ1v) is 10.0. The molecule has 2 aromatic heterocycles. The zero-order valence-corrected chi connectivity index (χ0v) is 16.3. The van der Waals surface area contributed by atoms with Crippen molar-refractivity contribution < 1.29 is 17.5 Å². The highest BCUT2D eigenvalue weighted by atomic mass is 32.2. The van der Waals surface area contributed by atoms with E-state index in [1.54, 1.807) is 30.2 Å². The SMILES string of the molecule is COc1ccc(S(C)(=O)=O)cc1CNc1nc(Nc2cnn(C)c2)ncc1F. The normalized spacial score (nSPS) is 11.3. The van der Waals surface area contributed by atoms with Crippen LogP contribution in [-0.2, 0) is 23.4 Å². The Balaban J connectivity index is 1.81. The summed E-state index contributed by atoms with van der Waals surface area (Å²) in [6.45, 7) is 0.104. The summed E-state index contributed by atoms with van der Waals surface area (Å²) in [7, 11) is -0.144. The molecular formula is C17H19FN6O3S. The van der Waals surface area contributed by atoms with Crippen molar-refractivity contribution in [3.8, 4) is 5.75 Å². The smallest absolute Gasteiger partial charge is 0.229 e. The van der Waals surface area contributed by atoms with Crippen LogP contribution in [0.4, 0.5) is 21.8 Å². The molecule has 0 fully saturated rings. The number of anilines is 3. The molecule has 9 nitrogen and oxygen atoms in total. The highest BCUT2D eigenvalue weighted by molar-refractivity contribution is 7.90. The van der Waals surface area contributed by atoms with Gasteiger partial charge in [0.15, 0.2) is 21.5 Å². The highest BCUT2D eigenvalue weighted by Crippen LogP contribution is 2.24. The number of aryl methyl sites for hydroxylation is 1. The molecule has 0 aliphatic rings. The summed E-state index contributed by atoms with van der Waals surface area (Å²) in [4.78, 5) is 8.16. The van der Waals surface area contributed by atoms with E-state index in [1.807, 2.05) is 0 Å². The summed E-state index contributed by atoms with van der Waals surface area (Å²) in [5, 5.41) is 9.80. The van der Waals surface area contributed by atoms with E-state index in [0.717, 1.165) is 12.5 Å². The van der Waals surface area contributed by atoms with Crippen LogP contribution in [-0.4, -0.2) is 41.5 Å². The number of nitrogens with one attached hydrogen (secondary N) is 2. The Labute approximate surface area is 161 Å². The van der Waals surface area contributed by atoms with Crippen LogP contribution >= 0.6 is 0 Å². The Morgan fingerprint density at radius 1 is 1.29 bits per heavy atom. The number of aromatic nitrogens is 4. The van der Waals surface area contributed by atoms with Gasteiger partial charge in [-0.05, 0) is 18.2 Å². The molecule has 148 valence electrons. The minimum absolute atomic E-state index is 0.0341. The molecular weight excluding hydrogens is 387 g/mol. The lowest BCUT2D eigenvalue weighted by Gasteiger charge is -2.12. The maximum Gasteiger partial charge on any atom is 0.229 e. The molecule has 0 bridgehead atoms. The van der Waals surface area contributed by atoms with E-state index < -0.39 is 15.7 Å². The van der Waals surface area contributed by atoms with Gasteiger partial charge in [0, 0.05) is 31.6 Å². The second-order valence-electron chi connectivity index (χ2n) is 6.02. The van der Waals surface area contributed by atoms with E-state index in [2.05, 4.69) is 25.7 Å². The van der Waals surface area contributed by atoms with Crippen LogP contribution in [0.15, 0.2) is 41.7 Å². The molecule has 3 rings (SSSR count). The number of sulfone groups is 1. The maximum atomic E-state index is 14.1. The van der Waals surface area contributed by atoms with E-state index in [1.165, 1.54) is 19.2 Å². The second kappa shape index (κ2) is 7.80. The summed E-state index contributed by atoms with van der Waals surface area (Å²) in [6, 6.07) is 4.49. The maximum absolute atomic E-state index is 14.1. The van der Waals surface area contributed by atoms with Crippen molar-refractivity contribution in [3.63, 3.8) is 0 Å². The summed E-state index contributed by atoms with van der Waals surface area (Å²) < 4.78 is 44.5.